The van der Waals surface area contributed by atoms with Crippen molar-refractivity contribution in [2.75, 3.05) is 0 Å². The van der Waals surface area contributed by atoms with Crippen LogP contribution < -0.4 is 0 Å². The number of hydrogen-bond donors (Lipinski definition) is 2. The number of phenolic OH excluding ortho intramolecular Hbond substituents is 2. The Morgan fingerprint density at radius 1 is 1.08 bits per heavy atom. The van der Waals surface area contributed by atoms with Crippen LogP contribution in [0, 0.1) is 0 Å². The van der Waals surface area contributed by atoms with Gasteiger partial charge < -0.3 is 10.2 Å². The molecule has 0 atom stereocenters. The topological polar surface area (TPSA) is 74.6 Å². The minimum Gasteiger partial charge on any atom is -0.504 e. The van der Waals surface area contributed by atoms with Crippen LogP contribution in [-0.2, 0) is 0 Å². The molecule has 0 fully saturated rings. The molecule has 12 heavy (non-hydrogen) atoms. The van der Waals surface area contributed by atoms with Gasteiger partial charge in [0.05, 0.1) is 11.1 Å². The van der Waals surface area contributed by atoms with Gasteiger partial charge in [-0.1, -0.05) is 0 Å². The summed E-state index contributed by atoms with van der Waals surface area (Å²) in [5.41, 5.74) is -0.819. The lowest BCUT2D eigenvalue weighted by Gasteiger charge is -2.01. The van der Waals surface area contributed by atoms with E-state index in [-0.39, 0.29) is 0 Å². The first-order valence-electron chi connectivity index (χ1n) is 4.02. The van der Waals surface area contributed by atoms with E-state index in [0.29, 0.717) is 0 Å². The van der Waals surface area contributed by atoms with Crippen LogP contribution in [0.1, 0.15) is 23.5 Å². The molecule has 0 aliphatic heterocycles. The van der Waals surface area contributed by atoms with E-state index in [0.717, 1.165) is 12.1 Å². The molecule has 0 saturated heterocycles. The van der Waals surface area contributed by atoms with Crippen LogP contribution in [0.4, 0.5) is 0 Å². The Morgan fingerprint density at radius 2 is 1.42 bits per heavy atom. The number of hydrogen-bond acceptors (Lipinski definition) is 4. The minimum atomic E-state index is -1.18. The van der Waals surface area contributed by atoms with Gasteiger partial charge in [0.1, 0.15) is 2.74 Å². The van der Waals surface area contributed by atoms with Gasteiger partial charge in [0.25, 0.3) is 0 Å². The number of carbonyl (C=O) groups excluding carboxylic acids is 2. The third kappa shape index (κ3) is 1.14. The lowest BCUT2D eigenvalue weighted by molar-refractivity contribution is 0.110. The largest absolute Gasteiger partial charge is 0.504 e. The molecule has 2 N–H and O–H groups in total. The zero-order valence-electron chi connectivity index (χ0n) is 7.87. The van der Waals surface area contributed by atoms with Gasteiger partial charge in [0.2, 0.25) is 0 Å². The third-order valence-electron chi connectivity index (χ3n) is 1.37. The smallest absolute Gasteiger partial charge is 0.168 e. The normalized spacial score (nSPS) is 11.7. The Morgan fingerprint density at radius 3 is 1.67 bits per heavy atom. The van der Waals surface area contributed by atoms with Crippen LogP contribution in [0.25, 0.3) is 0 Å². The summed E-state index contributed by atoms with van der Waals surface area (Å²) in [5, 5.41) is 18.3. The second-order valence-electron chi connectivity index (χ2n) is 2.06. The van der Waals surface area contributed by atoms with Gasteiger partial charge in [0.15, 0.2) is 24.0 Å². The number of rotatable bonds is 2. The molecule has 1 rings (SSSR count). The van der Waals surface area contributed by atoms with Crippen LogP contribution in [0.2, 0.25) is 0 Å². The van der Waals surface area contributed by atoms with E-state index in [1.54, 1.807) is 0 Å². The Kier molecular flexibility index (Phi) is 1.46. The number of phenols is 2. The fourth-order valence-corrected chi connectivity index (χ4v) is 0.744. The maximum Gasteiger partial charge on any atom is 0.168 e. The van der Waals surface area contributed by atoms with Crippen molar-refractivity contribution in [1.82, 2.24) is 0 Å². The van der Waals surface area contributed by atoms with Crippen molar-refractivity contribution in [3.05, 3.63) is 23.3 Å². The Labute approximate surface area is 70.9 Å². The van der Waals surface area contributed by atoms with E-state index in [2.05, 4.69) is 0 Å². The fraction of sp³-hybridized carbons (Fsp3) is 0. The summed E-state index contributed by atoms with van der Waals surface area (Å²) in [6.45, 7) is 0. The zero-order chi connectivity index (χ0) is 10.9. The minimum absolute atomic E-state index is 0.410. The summed E-state index contributed by atoms with van der Waals surface area (Å²) < 4.78 is 13.4. The zero-order valence-corrected chi connectivity index (χ0v) is 5.87. The van der Waals surface area contributed by atoms with Gasteiger partial charge in [-0.3, -0.25) is 9.59 Å². The highest BCUT2D eigenvalue weighted by molar-refractivity contribution is 5.87. The molecule has 62 valence electrons. The Balaban J connectivity index is 3.41. The highest BCUT2D eigenvalue weighted by atomic mass is 16.3. The molecule has 0 unspecified atom stereocenters. The standard InChI is InChI=1S/C8H6O4/c9-3-5-1-2-6(4-10)8(12)7(5)11/h1-4,11-12H/i3D,4D. The fourth-order valence-electron chi connectivity index (χ4n) is 0.744. The maximum atomic E-state index is 10.6. The molecule has 4 heteroatoms. The molecule has 0 aliphatic carbocycles. The molecule has 1 aromatic carbocycles. The first kappa shape index (κ1) is 5.77. The van der Waals surface area contributed by atoms with Gasteiger partial charge in [-0.15, -0.1) is 0 Å². The third-order valence-corrected chi connectivity index (χ3v) is 1.37. The van der Waals surface area contributed by atoms with E-state index in [9.17, 15) is 19.8 Å². The first-order valence-corrected chi connectivity index (χ1v) is 3.02. The van der Waals surface area contributed by atoms with Gasteiger partial charge in [-0.25, -0.2) is 0 Å². The lowest BCUT2D eigenvalue weighted by atomic mass is 10.1. The van der Waals surface area contributed by atoms with Gasteiger partial charge in [0, 0.05) is 0 Å². The predicted molar refractivity (Wildman–Crippen MR) is 40.5 cm³/mol. The average Bonchev–Trinajstić information content (AvgIpc) is 2.08. The summed E-state index contributed by atoms with van der Waals surface area (Å²) in [4.78, 5) is 21.1. The number of aldehydes is 2. The van der Waals surface area contributed by atoms with Gasteiger partial charge >= 0.3 is 0 Å². The van der Waals surface area contributed by atoms with Crippen LogP contribution in [0.3, 0.4) is 0 Å². The number of benzene rings is 1. The van der Waals surface area contributed by atoms with Gasteiger partial charge in [-0.2, -0.15) is 0 Å². The van der Waals surface area contributed by atoms with E-state index in [1.165, 1.54) is 0 Å². The van der Waals surface area contributed by atoms with E-state index in [1.807, 2.05) is 0 Å². The molecule has 0 heterocycles. The Hall–Kier alpha value is -1.84. The molecular formula is C8H6O4. The van der Waals surface area contributed by atoms with Crippen LogP contribution >= 0.6 is 0 Å². The number of carbonyl (C=O) groups is 2. The molecule has 0 spiro atoms. The average molecular weight is 168 g/mol. The molecule has 1 aromatic rings. The molecule has 0 aliphatic rings. The lowest BCUT2D eigenvalue weighted by Crippen LogP contribution is -1.86. The summed E-state index contributed by atoms with van der Waals surface area (Å²) in [7, 11) is 0. The van der Waals surface area contributed by atoms with E-state index < -0.39 is 35.2 Å². The highest BCUT2D eigenvalue weighted by Gasteiger charge is 2.09. The quantitative estimate of drug-likeness (QED) is 0.504. The second kappa shape index (κ2) is 3.04. The predicted octanol–water partition coefficient (Wildman–Crippen LogP) is 0.723. The Bertz CT molecular complexity index is 375. The first-order chi connectivity index (χ1) is 6.45. The van der Waals surface area contributed by atoms with Crippen molar-refractivity contribution in [1.29, 1.82) is 0 Å². The molecule has 0 amide bonds. The maximum absolute atomic E-state index is 10.6. The number of aromatic hydroxyl groups is 2. The van der Waals surface area contributed by atoms with Crippen molar-refractivity contribution in [2.24, 2.45) is 0 Å². The summed E-state index contributed by atoms with van der Waals surface area (Å²) in [5.74, 6) is -1.69. The highest BCUT2D eigenvalue weighted by Crippen LogP contribution is 2.30. The summed E-state index contributed by atoms with van der Waals surface area (Å²) in [6.07, 6.45) is -2.36. The van der Waals surface area contributed by atoms with Crippen molar-refractivity contribution < 1.29 is 22.5 Å². The molecule has 0 saturated carbocycles. The monoisotopic (exact) mass is 168 g/mol. The van der Waals surface area contributed by atoms with Crippen molar-refractivity contribution in [3.63, 3.8) is 0 Å². The van der Waals surface area contributed by atoms with Crippen LogP contribution in [0.15, 0.2) is 12.1 Å². The SMILES string of the molecule is [2H]C(=O)c1ccc(C([2H])=O)c(O)c1O. The summed E-state index contributed by atoms with van der Waals surface area (Å²) >= 11 is 0. The molecular weight excluding hydrogens is 160 g/mol. The molecule has 0 aromatic heterocycles. The van der Waals surface area contributed by atoms with Crippen molar-refractivity contribution >= 4 is 12.5 Å². The molecule has 0 bridgehead atoms. The molecule has 0 radical (unpaired) electrons. The van der Waals surface area contributed by atoms with Gasteiger partial charge in [-0.05, 0) is 12.1 Å². The van der Waals surface area contributed by atoms with Crippen LogP contribution in [-0.4, -0.2) is 22.7 Å². The van der Waals surface area contributed by atoms with Crippen molar-refractivity contribution in [2.45, 2.75) is 0 Å². The van der Waals surface area contributed by atoms with E-state index >= 15 is 0 Å². The molecule has 4 nitrogen and oxygen atoms in total. The summed E-state index contributed by atoms with van der Waals surface area (Å²) in [6, 6.07) is 2.01. The van der Waals surface area contributed by atoms with Crippen molar-refractivity contribution in [3.8, 4) is 11.5 Å². The second-order valence-corrected chi connectivity index (χ2v) is 2.06. The van der Waals surface area contributed by atoms with E-state index in [4.69, 9.17) is 2.74 Å². The van der Waals surface area contributed by atoms with Crippen LogP contribution in [0.5, 0.6) is 11.5 Å².